The van der Waals surface area contributed by atoms with E-state index in [4.69, 9.17) is 4.74 Å². The molecule has 0 spiro atoms. The summed E-state index contributed by atoms with van der Waals surface area (Å²) >= 11 is 0. The van der Waals surface area contributed by atoms with Crippen LogP contribution < -0.4 is 15.4 Å². The van der Waals surface area contributed by atoms with Crippen LogP contribution in [0.3, 0.4) is 0 Å². The Labute approximate surface area is 161 Å². The van der Waals surface area contributed by atoms with Crippen LogP contribution in [0.25, 0.3) is 0 Å². The average molecular weight is 378 g/mol. The van der Waals surface area contributed by atoms with Crippen molar-refractivity contribution in [2.45, 2.75) is 0 Å². The van der Waals surface area contributed by atoms with E-state index in [2.05, 4.69) is 25.3 Å². The molecule has 8 heteroatoms. The van der Waals surface area contributed by atoms with Gasteiger partial charge in [0.05, 0.1) is 19.8 Å². The van der Waals surface area contributed by atoms with Crippen LogP contribution in [0.15, 0.2) is 60.9 Å². The van der Waals surface area contributed by atoms with Crippen LogP contribution in [0, 0.1) is 0 Å². The maximum atomic E-state index is 12.4. The van der Waals surface area contributed by atoms with Gasteiger partial charge in [0, 0.05) is 23.5 Å². The summed E-state index contributed by atoms with van der Waals surface area (Å²) in [7, 11) is 2.88. The van der Waals surface area contributed by atoms with Gasteiger partial charge in [-0.25, -0.2) is 14.8 Å². The van der Waals surface area contributed by atoms with Gasteiger partial charge in [-0.3, -0.25) is 4.79 Å². The summed E-state index contributed by atoms with van der Waals surface area (Å²) < 4.78 is 9.81. The molecule has 0 radical (unpaired) electrons. The van der Waals surface area contributed by atoms with Crippen molar-refractivity contribution in [2.75, 3.05) is 24.9 Å². The van der Waals surface area contributed by atoms with E-state index in [1.165, 1.54) is 19.5 Å². The number of aromatic nitrogens is 2. The molecule has 1 heterocycles. The zero-order chi connectivity index (χ0) is 19.9. The quantitative estimate of drug-likeness (QED) is 0.635. The van der Waals surface area contributed by atoms with E-state index in [0.29, 0.717) is 28.5 Å². The highest BCUT2D eigenvalue weighted by Crippen LogP contribution is 2.19. The molecule has 8 nitrogen and oxygen atoms in total. The number of hydrogen-bond donors (Lipinski definition) is 2. The van der Waals surface area contributed by atoms with Crippen LogP contribution in [0.5, 0.6) is 5.75 Å². The monoisotopic (exact) mass is 378 g/mol. The van der Waals surface area contributed by atoms with Crippen molar-refractivity contribution >= 4 is 29.1 Å². The lowest BCUT2D eigenvalue weighted by Gasteiger charge is -2.09. The molecule has 2 aromatic carbocycles. The minimum Gasteiger partial charge on any atom is -0.497 e. The molecule has 0 saturated heterocycles. The molecule has 2 N–H and O–H groups in total. The third-order valence-electron chi connectivity index (χ3n) is 3.81. The number of amides is 1. The van der Waals surface area contributed by atoms with E-state index < -0.39 is 5.97 Å². The molecule has 0 aliphatic carbocycles. The molecule has 1 amide bonds. The average Bonchev–Trinajstić information content (AvgIpc) is 2.74. The zero-order valence-electron chi connectivity index (χ0n) is 15.3. The molecule has 0 fully saturated rings. The molecule has 1 aromatic heterocycles. The SMILES string of the molecule is COC(=O)c1ccc(Nc2cc(C(=O)Nc3cccc(OC)c3)ncn2)cc1. The molecule has 28 heavy (non-hydrogen) atoms. The van der Waals surface area contributed by atoms with Gasteiger partial charge in [0.25, 0.3) is 5.91 Å². The van der Waals surface area contributed by atoms with Gasteiger partial charge < -0.3 is 20.1 Å². The Morgan fingerprint density at radius 2 is 1.71 bits per heavy atom. The maximum absolute atomic E-state index is 12.4. The number of benzene rings is 2. The number of carbonyl (C=O) groups excluding carboxylic acids is 2. The highest BCUT2D eigenvalue weighted by molar-refractivity contribution is 6.03. The second kappa shape index (κ2) is 8.63. The molecular weight excluding hydrogens is 360 g/mol. The molecule has 3 rings (SSSR count). The maximum Gasteiger partial charge on any atom is 0.337 e. The zero-order valence-corrected chi connectivity index (χ0v) is 15.3. The highest BCUT2D eigenvalue weighted by atomic mass is 16.5. The minimum atomic E-state index is -0.412. The van der Waals surface area contributed by atoms with Crippen molar-refractivity contribution < 1.29 is 19.1 Å². The smallest absolute Gasteiger partial charge is 0.337 e. The fourth-order valence-electron chi connectivity index (χ4n) is 2.40. The lowest BCUT2D eigenvalue weighted by molar-refractivity contribution is 0.0600. The van der Waals surface area contributed by atoms with Crippen molar-refractivity contribution in [3.63, 3.8) is 0 Å². The van der Waals surface area contributed by atoms with Gasteiger partial charge in [-0.1, -0.05) is 6.07 Å². The summed E-state index contributed by atoms with van der Waals surface area (Å²) in [6.45, 7) is 0. The number of hydrogen-bond acceptors (Lipinski definition) is 7. The van der Waals surface area contributed by atoms with Gasteiger partial charge in [0.1, 0.15) is 23.6 Å². The van der Waals surface area contributed by atoms with Crippen molar-refractivity contribution in [1.29, 1.82) is 0 Å². The van der Waals surface area contributed by atoms with Crippen LogP contribution in [0.2, 0.25) is 0 Å². The first-order valence-electron chi connectivity index (χ1n) is 8.32. The van der Waals surface area contributed by atoms with Gasteiger partial charge in [0.15, 0.2) is 0 Å². The molecule has 3 aromatic rings. The first kappa shape index (κ1) is 18.8. The topological polar surface area (TPSA) is 102 Å². The van der Waals surface area contributed by atoms with Crippen LogP contribution in [-0.2, 0) is 4.74 Å². The molecule has 0 aliphatic heterocycles. The number of ether oxygens (including phenoxy) is 2. The lowest BCUT2D eigenvalue weighted by atomic mass is 10.2. The Kier molecular flexibility index (Phi) is 5.81. The van der Waals surface area contributed by atoms with E-state index >= 15 is 0 Å². The summed E-state index contributed by atoms with van der Waals surface area (Å²) in [5, 5.41) is 5.82. The van der Waals surface area contributed by atoms with E-state index in [9.17, 15) is 9.59 Å². The number of nitrogens with zero attached hydrogens (tertiary/aromatic N) is 2. The Hall–Kier alpha value is -3.94. The third-order valence-corrected chi connectivity index (χ3v) is 3.81. The van der Waals surface area contributed by atoms with Crippen molar-refractivity contribution in [3.8, 4) is 5.75 Å². The van der Waals surface area contributed by atoms with Gasteiger partial charge in [0.2, 0.25) is 0 Å². The number of anilines is 3. The predicted molar refractivity (Wildman–Crippen MR) is 104 cm³/mol. The Morgan fingerprint density at radius 3 is 2.43 bits per heavy atom. The fraction of sp³-hybridized carbons (Fsp3) is 0.100. The Morgan fingerprint density at radius 1 is 0.929 bits per heavy atom. The molecule has 0 aliphatic rings. The Balaban J connectivity index is 1.71. The Bertz CT molecular complexity index is 990. The summed E-state index contributed by atoms with van der Waals surface area (Å²) in [6, 6.07) is 15.2. The summed E-state index contributed by atoms with van der Waals surface area (Å²) in [5.41, 5.74) is 1.93. The molecule has 0 unspecified atom stereocenters. The molecular formula is C20H18N4O4. The van der Waals surface area contributed by atoms with E-state index in [1.807, 2.05) is 0 Å². The predicted octanol–water partition coefficient (Wildman–Crippen LogP) is 3.27. The first-order valence-corrected chi connectivity index (χ1v) is 8.32. The largest absolute Gasteiger partial charge is 0.497 e. The van der Waals surface area contributed by atoms with Crippen molar-refractivity contribution in [2.24, 2.45) is 0 Å². The number of carbonyl (C=O) groups is 2. The third kappa shape index (κ3) is 4.61. The van der Waals surface area contributed by atoms with Gasteiger partial charge >= 0.3 is 5.97 Å². The second-order valence-electron chi connectivity index (χ2n) is 5.67. The minimum absolute atomic E-state index is 0.200. The van der Waals surface area contributed by atoms with E-state index in [0.717, 1.165) is 0 Å². The van der Waals surface area contributed by atoms with Crippen molar-refractivity contribution in [3.05, 3.63) is 72.2 Å². The standard InChI is InChI=1S/C20H18N4O4/c1-27-16-5-3-4-15(10-16)24-19(25)17-11-18(22-12-21-17)23-14-8-6-13(7-9-14)20(26)28-2/h3-12H,1-2H3,(H,24,25)(H,21,22,23). The highest BCUT2D eigenvalue weighted by Gasteiger charge is 2.10. The number of rotatable bonds is 6. The van der Waals surface area contributed by atoms with Crippen LogP contribution >= 0.6 is 0 Å². The summed E-state index contributed by atoms with van der Waals surface area (Å²) in [4.78, 5) is 32.1. The van der Waals surface area contributed by atoms with Gasteiger partial charge in [-0.05, 0) is 36.4 Å². The summed E-state index contributed by atoms with van der Waals surface area (Å²) in [6.07, 6.45) is 1.30. The molecule has 0 atom stereocenters. The summed E-state index contributed by atoms with van der Waals surface area (Å²) in [5.74, 6) is 0.291. The number of nitrogens with one attached hydrogen (secondary N) is 2. The number of methoxy groups -OCH3 is 2. The normalized spacial score (nSPS) is 10.1. The first-order chi connectivity index (χ1) is 13.6. The lowest BCUT2D eigenvalue weighted by Crippen LogP contribution is -2.14. The molecule has 142 valence electrons. The van der Waals surface area contributed by atoms with E-state index in [-0.39, 0.29) is 11.6 Å². The van der Waals surface area contributed by atoms with Gasteiger partial charge in [-0.15, -0.1) is 0 Å². The second-order valence-corrected chi connectivity index (χ2v) is 5.67. The van der Waals surface area contributed by atoms with E-state index in [1.54, 1.807) is 55.6 Å². The molecule has 0 saturated carbocycles. The van der Waals surface area contributed by atoms with Crippen LogP contribution in [0.4, 0.5) is 17.2 Å². The van der Waals surface area contributed by atoms with Crippen molar-refractivity contribution in [1.82, 2.24) is 9.97 Å². The fourth-order valence-corrected chi connectivity index (χ4v) is 2.40. The van der Waals surface area contributed by atoms with Crippen LogP contribution in [0.1, 0.15) is 20.8 Å². The number of esters is 1. The van der Waals surface area contributed by atoms with Gasteiger partial charge in [-0.2, -0.15) is 0 Å². The van der Waals surface area contributed by atoms with Crippen LogP contribution in [-0.4, -0.2) is 36.1 Å². The molecule has 0 bridgehead atoms.